The van der Waals surface area contributed by atoms with E-state index in [-0.39, 0.29) is 10.9 Å². The molecule has 2 aromatic heterocycles. The van der Waals surface area contributed by atoms with E-state index in [0.29, 0.717) is 11.6 Å². The zero-order valence-electron chi connectivity index (χ0n) is 8.90. The predicted octanol–water partition coefficient (Wildman–Crippen LogP) is 1.66. The highest BCUT2D eigenvalue weighted by Gasteiger charge is 2.38. The SMILES string of the molecule is CCC(CN)c1nn2c(C(F)(F)F)nnc2s1. The van der Waals surface area contributed by atoms with E-state index in [0.717, 1.165) is 22.3 Å². The van der Waals surface area contributed by atoms with Crippen LogP contribution in [0.15, 0.2) is 0 Å². The van der Waals surface area contributed by atoms with Gasteiger partial charge in [-0.15, -0.1) is 10.2 Å². The van der Waals surface area contributed by atoms with Crippen molar-refractivity contribution in [1.82, 2.24) is 19.8 Å². The maximum atomic E-state index is 12.5. The average Bonchev–Trinajstić information content (AvgIpc) is 2.76. The van der Waals surface area contributed by atoms with Crippen molar-refractivity contribution in [3.8, 4) is 0 Å². The first-order valence-electron chi connectivity index (χ1n) is 4.96. The second kappa shape index (κ2) is 4.22. The minimum absolute atomic E-state index is 0.0391. The molecule has 0 amide bonds. The van der Waals surface area contributed by atoms with Crippen molar-refractivity contribution in [2.24, 2.45) is 5.73 Å². The summed E-state index contributed by atoms with van der Waals surface area (Å²) < 4.78 is 38.4. The molecule has 2 rings (SSSR count). The number of halogens is 3. The van der Waals surface area contributed by atoms with Gasteiger partial charge in [0.1, 0.15) is 5.01 Å². The number of hydrogen-bond acceptors (Lipinski definition) is 5. The number of rotatable bonds is 3. The lowest BCUT2D eigenvalue weighted by Crippen LogP contribution is -2.14. The summed E-state index contributed by atoms with van der Waals surface area (Å²) in [6, 6.07) is 0. The normalized spacial score (nSPS) is 14.4. The Balaban J connectivity index is 2.48. The minimum Gasteiger partial charge on any atom is -0.330 e. The fourth-order valence-electron chi connectivity index (χ4n) is 1.42. The van der Waals surface area contributed by atoms with Gasteiger partial charge in [0.05, 0.1) is 0 Å². The molecule has 94 valence electrons. The molecule has 0 aliphatic heterocycles. The summed E-state index contributed by atoms with van der Waals surface area (Å²) in [6.07, 6.45) is -3.82. The van der Waals surface area contributed by atoms with Crippen molar-refractivity contribution in [3.63, 3.8) is 0 Å². The molecule has 1 unspecified atom stereocenters. The lowest BCUT2D eigenvalue weighted by atomic mass is 10.1. The Bertz CT molecular complexity index is 513. The molecular formula is C8H10F3N5S. The van der Waals surface area contributed by atoms with Gasteiger partial charge in [-0.1, -0.05) is 18.3 Å². The molecule has 2 N–H and O–H groups in total. The Labute approximate surface area is 98.4 Å². The second-order valence-electron chi connectivity index (χ2n) is 3.50. The smallest absolute Gasteiger partial charge is 0.330 e. The van der Waals surface area contributed by atoms with E-state index in [1.54, 1.807) is 0 Å². The van der Waals surface area contributed by atoms with E-state index in [1.165, 1.54) is 0 Å². The van der Waals surface area contributed by atoms with Crippen LogP contribution in [0.3, 0.4) is 0 Å². The van der Waals surface area contributed by atoms with Crippen molar-refractivity contribution >= 4 is 16.3 Å². The second-order valence-corrected chi connectivity index (χ2v) is 4.48. The fourth-order valence-corrected chi connectivity index (χ4v) is 2.45. The Morgan fingerprint density at radius 1 is 1.41 bits per heavy atom. The van der Waals surface area contributed by atoms with Crippen molar-refractivity contribution in [2.75, 3.05) is 6.54 Å². The minimum atomic E-state index is -4.55. The van der Waals surface area contributed by atoms with Crippen LogP contribution in [0, 0.1) is 0 Å². The van der Waals surface area contributed by atoms with Gasteiger partial charge in [0, 0.05) is 12.5 Å². The highest BCUT2D eigenvalue weighted by Crippen LogP contribution is 2.30. The quantitative estimate of drug-likeness (QED) is 0.916. The summed E-state index contributed by atoms with van der Waals surface area (Å²) in [5.74, 6) is -1.13. The Kier molecular flexibility index (Phi) is 3.04. The summed E-state index contributed by atoms with van der Waals surface area (Å²) in [5, 5.41) is 11.0. The van der Waals surface area contributed by atoms with Gasteiger partial charge >= 0.3 is 6.18 Å². The molecule has 0 bridgehead atoms. The highest BCUT2D eigenvalue weighted by atomic mass is 32.1. The van der Waals surface area contributed by atoms with Gasteiger partial charge < -0.3 is 5.73 Å². The lowest BCUT2D eigenvalue weighted by Gasteiger charge is -2.06. The number of nitrogens with two attached hydrogens (primary N) is 1. The third-order valence-corrected chi connectivity index (χ3v) is 3.45. The molecule has 1 atom stereocenters. The van der Waals surface area contributed by atoms with E-state index in [2.05, 4.69) is 15.3 Å². The Morgan fingerprint density at radius 2 is 2.12 bits per heavy atom. The molecule has 0 aromatic carbocycles. The number of fused-ring (bicyclic) bond motifs is 1. The number of aromatic nitrogens is 4. The van der Waals surface area contributed by atoms with Crippen LogP contribution >= 0.6 is 11.3 Å². The third-order valence-electron chi connectivity index (χ3n) is 2.39. The van der Waals surface area contributed by atoms with Crippen LogP contribution in [0.2, 0.25) is 0 Å². The van der Waals surface area contributed by atoms with Crippen LogP contribution in [0.4, 0.5) is 13.2 Å². The van der Waals surface area contributed by atoms with Gasteiger partial charge in [0.15, 0.2) is 0 Å². The van der Waals surface area contributed by atoms with E-state index < -0.39 is 12.0 Å². The molecule has 17 heavy (non-hydrogen) atoms. The molecule has 2 aromatic rings. The largest absolute Gasteiger partial charge is 0.453 e. The van der Waals surface area contributed by atoms with Crippen molar-refractivity contribution in [3.05, 3.63) is 10.8 Å². The molecule has 5 nitrogen and oxygen atoms in total. The highest BCUT2D eigenvalue weighted by molar-refractivity contribution is 7.16. The van der Waals surface area contributed by atoms with E-state index in [9.17, 15) is 13.2 Å². The first kappa shape index (κ1) is 12.2. The maximum Gasteiger partial charge on any atom is 0.453 e. The van der Waals surface area contributed by atoms with Crippen molar-refractivity contribution in [2.45, 2.75) is 25.4 Å². The molecule has 0 aliphatic rings. The van der Waals surface area contributed by atoms with Crippen molar-refractivity contribution < 1.29 is 13.2 Å². The first-order valence-corrected chi connectivity index (χ1v) is 5.78. The molecule has 0 radical (unpaired) electrons. The average molecular weight is 265 g/mol. The zero-order chi connectivity index (χ0) is 12.6. The topological polar surface area (TPSA) is 69.1 Å². The van der Waals surface area contributed by atoms with Crippen LogP contribution in [0.25, 0.3) is 4.96 Å². The van der Waals surface area contributed by atoms with Crippen LogP contribution < -0.4 is 5.73 Å². The van der Waals surface area contributed by atoms with Gasteiger partial charge in [0.25, 0.3) is 5.82 Å². The molecule has 0 saturated carbocycles. The van der Waals surface area contributed by atoms with Gasteiger partial charge in [-0.2, -0.15) is 22.8 Å². The summed E-state index contributed by atoms with van der Waals surface area (Å²) in [6.45, 7) is 2.26. The van der Waals surface area contributed by atoms with Gasteiger partial charge in [-0.3, -0.25) is 0 Å². The molecule has 0 saturated heterocycles. The zero-order valence-corrected chi connectivity index (χ0v) is 9.72. The lowest BCUT2D eigenvalue weighted by molar-refractivity contribution is -0.146. The van der Waals surface area contributed by atoms with E-state index >= 15 is 0 Å². The Hall–Kier alpha value is -1.22. The van der Waals surface area contributed by atoms with E-state index in [4.69, 9.17) is 5.73 Å². The number of nitrogens with zero attached hydrogens (tertiary/aromatic N) is 4. The third kappa shape index (κ3) is 2.12. The number of alkyl halides is 3. The monoisotopic (exact) mass is 265 g/mol. The summed E-state index contributed by atoms with van der Waals surface area (Å²) in [7, 11) is 0. The number of hydrogen-bond donors (Lipinski definition) is 1. The first-order chi connectivity index (χ1) is 7.97. The molecule has 0 spiro atoms. The van der Waals surface area contributed by atoms with Gasteiger partial charge in [-0.25, -0.2) is 0 Å². The van der Waals surface area contributed by atoms with Crippen LogP contribution in [-0.4, -0.2) is 26.4 Å². The van der Waals surface area contributed by atoms with E-state index in [1.807, 2.05) is 6.92 Å². The van der Waals surface area contributed by atoms with Gasteiger partial charge in [0.2, 0.25) is 4.96 Å². The predicted molar refractivity (Wildman–Crippen MR) is 55.7 cm³/mol. The van der Waals surface area contributed by atoms with Crippen LogP contribution in [-0.2, 0) is 6.18 Å². The van der Waals surface area contributed by atoms with Crippen LogP contribution in [0.5, 0.6) is 0 Å². The molecule has 0 fully saturated rings. The fraction of sp³-hybridized carbons (Fsp3) is 0.625. The summed E-state index contributed by atoms with van der Waals surface area (Å²) in [5.41, 5.74) is 5.53. The molecule has 9 heteroatoms. The van der Waals surface area contributed by atoms with Crippen LogP contribution in [0.1, 0.15) is 30.1 Å². The molecular weight excluding hydrogens is 255 g/mol. The Morgan fingerprint density at radius 3 is 2.65 bits per heavy atom. The standard InChI is InChI=1S/C8H10F3N5S/c1-2-4(3-12)5-15-16-6(8(9,10)11)13-14-7(16)17-5/h4H,2-3,12H2,1H3. The van der Waals surface area contributed by atoms with Crippen molar-refractivity contribution in [1.29, 1.82) is 0 Å². The summed E-state index contributed by atoms with van der Waals surface area (Å²) in [4.78, 5) is 0.138. The molecule has 2 heterocycles. The maximum absolute atomic E-state index is 12.5. The molecule has 0 aliphatic carbocycles. The van der Waals surface area contributed by atoms with Gasteiger partial charge in [-0.05, 0) is 6.42 Å². The summed E-state index contributed by atoms with van der Waals surface area (Å²) >= 11 is 1.09.